The van der Waals surface area contributed by atoms with E-state index < -0.39 is 46.9 Å². The summed E-state index contributed by atoms with van der Waals surface area (Å²) < 4.78 is 0. The molecule has 3 rings (SSSR count). The fraction of sp³-hybridized carbons (Fsp3) is 0.750. The Labute approximate surface area is 225 Å². The topological polar surface area (TPSA) is 145 Å². The average Bonchev–Trinajstić information content (AvgIpc) is 3.42. The predicted molar refractivity (Wildman–Crippen MR) is 142 cm³/mol. The van der Waals surface area contributed by atoms with E-state index in [9.17, 15) is 29.1 Å². The van der Waals surface area contributed by atoms with Gasteiger partial charge in [-0.25, -0.2) is 4.79 Å². The van der Waals surface area contributed by atoms with Gasteiger partial charge in [0.05, 0.1) is 0 Å². The summed E-state index contributed by atoms with van der Waals surface area (Å²) in [5.41, 5.74) is -2.07. The number of carboxylic acids is 1. The molecule has 4 unspecified atom stereocenters. The molecule has 3 aliphatic rings. The van der Waals surface area contributed by atoms with Gasteiger partial charge in [0.25, 0.3) is 0 Å². The summed E-state index contributed by atoms with van der Waals surface area (Å²) in [5.74, 6) is -3.05. The number of hydrogen-bond acceptors (Lipinski definition) is 5. The minimum absolute atomic E-state index is 0.00254. The van der Waals surface area contributed by atoms with E-state index in [1.54, 1.807) is 0 Å². The molecule has 212 valence electrons. The second-order valence-electron chi connectivity index (χ2n) is 12.5. The maximum absolute atomic E-state index is 14.0. The van der Waals surface area contributed by atoms with Crippen LogP contribution in [0, 0.1) is 23.2 Å². The summed E-state index contributed by atoms with van der Waals surface area (Å²) in [5, 5.41) is 18.1. The number of carbonyl (C=O) groups excluding carboxylic acids is 4. The van der Waals surface area contributed by atoms with Crippen LogP contribution >= 0.6 is 0 Å². The minimum atomic E-state index is -1.39. The third kappa shape index (κ3) is 6.38. The molecule has 0 spiro atoms. The van der Waals surface area contributed by atoms with Crippen LogP contribution in [-0.4, -0.2) is 69.8 Å². The highest BCUT2D eigenvalue weighted by Crippen LogP contribution is 2.45. The van der Waals surface area contributed by atoms with Crippen LogP contribution in [0.5, 0.6) is 0 Å². The number of rotatable bonds is 9. The van der Waals surface area contributed by atoms with Crippen molar-refractivity contribution in [3.63, 3.8) is 0 Å². The van der Waals surface area contributed by atoms with Crippen molar-refractivity contribution in [2.75, 3.05) is 6.54 Å². The van der Waals surface area contributed by atoms with E-state index in [0.29, 0.717) is 13.0 Å². The van der Waals surface area contributed by atoms with Gasteiger partial charge in [0.15, 0.2) is 0 Å². The second kappa shape index (κ2) is 11.5. The molecule has 4 amide bonds. The Bertz CT molecular complexity index is 969. The summed E-state index contributed by atoms with van der Waals surface area (Å²) in [7, 11) is 0. The molecule has 0 aromatic carbocycles. The van der Waals surface area contributed by atoms with Crippen molar-refractivity contribution < 1.29 is 29.1 Å². The zero-order chi connectivity index (χ0) is 28.4. The van der Waals surface area contributed by atoms with Gasteiger partial charge in [-0.3, -0.25) is 19.2 Å². The first kappa shape index (κ1) is 29.6. The summed E-state index contributed by atoms with van der Waals surface area (Å²) in [6.07, 6.45) is 6.92. The van der Waals surface area contributed by atoms with Crippen LogP contribution in [0.3, 0.4) is 0 Å². The normalized spacial score (nSPS) is 29.1. The summed E-state index contributed by atoms with van der Waals surface area (Å²) in [6.45, 7) is 12.8. The first-order valence-electron chi connectivity index (χ1n) is 13.8. The zero-order valence-corrected chi connectivity index (χ0v) is 23.3. The molecule has 0 aromatic heterocycles. The van der Waals surface area contributed by atoms with Gasteiger partial charge in [-0.2, -0.15) is 0 Å². The van der Waals surface area contributed by atoms with Crippen LogP contribution in [0.15, 0.2) is 12.7 Å². The lowest BCUT2D eigenvalue weighted by atomic mass is 9.82. The highest BCUT2D eigenvalue weighted by Gasteiger charge is 2.61. The largest absolute Gasteiger partial charge is 0.479 e. The summed E-state index contributed by atoms with van der Waals surface area (Å²) >= 11 is 0. The first-order valence-corrected chi connectivity index (χ1v) is 13.8. The number of nitrogens with zero attached hydrogens (tertiary/aromatic N) is 1. The molecule has 10 nitrogen and oxygen atoms in total. The monoisotopic (exact) mass is 532 g/mol. The SMILES string of the molecule is C=CC1CC1(NC(=O)[C@@H]1C[C@@H](C)CN1C(=O)C(NC(=O)C(NC(C)=O)C1CCCCC1)C(C)(C)C)C(=O)O. The molecular formula is C28H44N4O6. The third-order valence-corrected chi connectivity index (χ3v) is 8.29. The number of nitrogens with one attached hydrogen (secondary N) is 3. The van der Waals surface area contributed by atoms with Crippen molar-refractivity contribution in [1.29, 1.82) is 0 Å². The maximum atomic E-state index is 14.0. The van der Waals surface area contributed by atoms with Crippen molar-refractivity contribution in [2.24, 2.45) is 23.2 Å². The Kier molecular flexibility index (Phi) is 8.93. The molecule has 2 aliphatic carbocycles. The Balaban J connectivity index is 1.80. The van der Waals surface area contributed by atoms with E-state index in [0.717, 1.165) is 32.1 Å². The fourth-order valence-electron chi connectivity index (χ4n) is 5.99. The van der Waals surface area contributed by atoms with Crippen molar-refractivity contribution >= 4 is 29.6 Å². The second-order valence-corrected chi connectivity index (χ2v) is 12.5. The lowest BCUT2D eigenvalue weighted by Crippen LogP contribution is -2.62. The van der Waals surface area contributed by atoms with Gasteiger partial charge >= 0.3 is 5.97 Å². The van der Waals surface area contributed by atoms with Gasteiger partial charge in [-0.05, 0) is 42.9 Å². The average molecular weight is 533 g/mol. The van der Waals surface area contributed by atoms with Crippen LogP contribution in [0.25, 0.3) is 0 Å². The highest BCUT2D eigenvalue weighted by atomic mass is 16.4. The van der Waals surface area contributed by atoms with E-state index in [1.807, 2.05) is 27.7 Å². The molecule has 1 saturated heterocycles. The molecule has 2 saturated carbocycles. The molecule has 1 aliphatic heterocycles. The molecule has 38 heavy (non-hydrogen) atoms. The third-order valence-electron chi connectivity index (χ3n) is 8.29. The Morgan fingerprint density at radius 1 is 1.08 bits per heavy atom. The smallest absolute Gasteiger partial charge is 0.330 e. The van der Waals surface area contributed by atoms with Crippen LogP contribution < -0.4 is 16.0 Å². The first-order chi connectivity index (χ1) is 17.7. The number of aliphatic carboxylic acids is 1. The minimum Gasteiger partial charge on any atom is -0.479 e. The van der Waals surface area contributed by atoms with Crippen molar-refractivity contribution in [2.45, 2.75) is 103 Å². The van der Waals surface area contributed by atoms with E-state index in [-0.39, 0.29) is 36.0 Å². The molecule has 6 atom stereocenters. The van der Waals surface area contributed by atoms with Gasteiger partial charge in [0.1, 0.15) is 23.7 Å². The molecule has 4 N–H and O–H groups in total. The van der Waals surface area contributed by atoms with E-state index >= 15 is 0 Å². The fourth-order valence-corrected chi connectivity index (χ4v) is 5.99. The lowest BCUT2D eigenvalue weighted by molar-refractivity contribution is -0.147. The van der Waals surface area contributed by atoms with Gasteiger partial charge in [-0.15, -0.1) is 6.58 Å². The van der Waals surface area contributed by atoms with Crippen LogP contribution in [-0.2, 0) is 24.0 Å². The van der Waals surface area contributed by atoms with E-state index in [2.05, 4.69) is 22.5 Å². The van der Waals surface area contributed by atoms with Crippen LogP contribution in [0.1, 0.15) is 79.6 Å². The maximum Gasteiger partial charge on any atom is 0.330 e. The summed E-state index contributed by atoms with van der Waals surface area (Å²) in [6, 6.07) is -2.51. The molecule has 0 aromatic rings. The number of amides is 4. The van der Waals surface area contributed by atoms with Crippen LogP contribution in [0.2, 0.25) is 0 Å². The molecule has 1 heterocycles. The van der Waals surface area contributed by atoms with Crippen LogP contribution in [0.4, 0.5) is 0 Å². The molecular weight excluding hydrogens is 488 g/mol. The number of likely N-dealkylation sites (tertiary alicyclic amines) is 1. The number of hydrogen-bond donors (Lipinski definition) is 4. The van der Waals surface area contributed by atoms with Gasteiger partial charge < -0.3 is 26.0 Å². The van der Waals surface area contributed by atoms with Crippen molar-refractivity contribution in [3.05, 3.63) is 12.7 Å². The van der Waals surface area contributed by atoms with Gasteiger partial charge in [-0.1, -0.05) is 53.0 Å². The van der Waals surface area contributed by atoms with E-state index in [4.69, 9.17) is 0 Å². The van der Waals surface area contributed by atoms with Gasteiger partial charge in [0, 0.05) is 19.4 Å². The van der Waals surface area contributed by atoms with Crippen molar-refractivity contribution in [1.82, 2.24) is 20.9 Å². The number of carbonyl (C=O) groups is 5. The lowest BCUT2D eigenvalue weighted by Gasteiger charge is -2.37. The molecule has 0 radical (unpaired) electrons. The highest BCUT2D eigenvalue weighted by molar-refractivity contribution is 5.97. The summed E-state index contributed by atoms with van der Waals surface area (Å²) in [4.78, 5) is 66.1. The zero-order valence-electron chi connectivity index (χ0n) is 23.3. The standard InChI is InChI=1S/C28H44N4O6/c1-7-19-14-28(19,26(37)38)31-23(34)20-13-16(2)15-32(20)25(36)22(27(4,5)6)30-24(35)21(29-17(3)33)18-11-9-8-10-12-18/h7,16,18-22H,1,8-15H2,2-6H3,(H,29,33)(H,30,35)(H,31,34)(H,37,38)/t16-,19?,20+,21?,22?,28?/m1/s1. The quantitative estimate of drug-likeness (QED) is 0.334. The van der Waals surface area contributed by atoms with E-state index in [1.165, 1.54) is 17.9 Å². The van der Waals surface area contributed by atoms with Gasteiger partial charge in [0.2, 0.25) is 23.6 Å². The molecule has 10 heteroatoms. The Morgan fingerprint density at radius 2 is 1.71 bits per heavy atom. The molecule has 0 bridgehead atoms. The number of carboxylic acid groups (broad SMARTS) is 1. The van der Waals surface area contributed by atoms with Crippen molar-refractivity contribution in [3.8, 4) is 0 Å². The predicted octanol–water partition coefficient (Wildman–Crippen LogP) is 1.98. The Morgan fingerprint density at radius 3 is 2.21 bits per heavy atom. The Hall–Kier alpha value is -2.91. The molecule has 3 fully saturated rings.